The Balaban J connectivity index is 2.90. The second kappa shape index (κ2) is 8.09. The van der Waals surface area contributed by atoms with Gasteiger partial charge in [-0.1, -0.05) is 26.8 Å². The molecule has 3 heteroatoms. The number of hydrogen-bond donors (Lipinski definition) is 1. The first-order chi connectivity index (χ1) is 8.72. The minimum Gasteiger partial charge on any atom is -0.356 e. The lowest BCUT2D eigenvalue weighted by molar-refractivity contribution is 0.639. The molecular formula is C15H27N3. The molecule has 0 aliphatic rings. The van der Waals surface area contributed by atoms with E-state index in [9.17, 15) is 0 Å². The van der Waals surface area contributed by atoms with Crippen molar-refractivity contribution in [1.29, 1.82) is 0 Å². The first-order valence-electron chi connectivity index (χ1n) is 7.17. The maximum Gasteiger partial charge on any atom is 0.131 e. The molecule has 0 saturated carbocycles. The first kappa shape index (κ1) is 15.0. The van der Waals surface area contributed by atoms with Crippen LogP contribution in [0, 0.1) is 0 Å². The van der Waals surface area contributed by atoms with Gasteiger partial charge in [0, 0.05) is 25.3 Å². The fourth-order valence-electron chi connectivity index (χ4n) is 2.16. The summed E-state index contributed by atoms with van der Waals surface area (Å²) in [6.45, 7) is 8.70. The molecule has 1 aromatic rings. The molecule has 2 N–H and O–H groups in total. The fourth-order valence-corrected chi connectivity index (χ4v) is 2.16. The molecule has 3 nitrogen and oxygen atoms in total. The van der Waals surface area contributed by atoms with E-state index in [4.69, 9.17) is 5.73 Å². The third-order valence-electron chi connectivity index (χ3n) is 3.16. The van der Waals surface area contributed by atoms with E-state index in [2.05, 4.69) is 36.7 Å². The number of hydrogen-bond acceptors (Lipinski definition) is 3. The minimum absolute atomic E-state index is 0.234. The minimum atomic E-state index is 0.234. The van der Waals surface area contributed by atoms with Gasteiger partial charge in [0.1, 0.15) is 5.82 Å². The lowest BCUT2D eigenvalue weighted by Gasteiger charge is -2.25. The number of pyridine rings is 1. The zero-order valence-corrected chi connectivity index (χ0v) is 12.0. The van der Waals surface area contributed by atoms with Gasteiger partial charge in [0.25, 0.3) is 0 Å². The Hall–Kier alpha value is -1.09. The quantitative estimate of drug-likeness (QED) is 0.770. The topological polar surface area (TPSA) is 42.2 Å². The molecule has 0 radical (unpaired) electrons. The van der Waals surface area contributed by atoms with Crippen LogP contribution in [0.15, 0.2) is 18.3 Å². The SMILES string of the molecule is CCCN(CCC)c1ncccc1CC(N)CC. The molecule has 1 rings (SSSR count). The zero-order chi connectivity index (χ0) is 13.4. The molecular weight excluding hydrogens is 222 g/mol. The van der Waals surface area contributed by atoms with Crippen molar-refractivity contribution >= 4 is 5.82 Å². The molecule has 1 atom stereocenters. The highest BCUT2D eigenvalue weighted by Gasteiger charge is 2.12. The van der Waals surface area contributed by atoms with E-state index in [1.165, 1.54) is 5.56 Å². The summed E-state index contributed by atoms with van der Waals surface area (Å²) < 4.78 is 0. The van der Waals surface area contributed by atoms with Gasteiger partial charge in [-0.05, 0) is 37.3 Å². The summed E-state index contributed by atoms with van der Waals surface area (Å²) >= 11 is 0. The van der Waals surface area contributed by atoms with E-state index in [0.717, 1.165) is 44.6 Å². The number of aromatic nitrogens is 1. The summed E-state index contributed by atoms with van der Waals surface area (Å²) in [6, 6.07) is 4.41. The van der Waals surface area contributed by atoms with Crippen LogP contribution < -0.4 is 10.6 Å². The van der Waals surface area contributed by atoms with Crippen LogP contribution in [-0.2, 0) is 6.42 Å². The van der Waals surface area contributed by atoms with Crippen molar-refractivity contribution < 1.29 is 0 Å². The maximum absolute atomic E-state index is 6.08. The average molecular weight is 249 g/mol. The van der Waals surface area contributed by atoms with E-state index < -0.39 is 0 Å². The molecule has 0 bridgehead atoms. The molecule has 0 aliphatic heterocycles. The maximum atomic E-state index is 6.08. The Morgan fingerprint density at radius 1 is 1.22 bits per heavy atom. The highest BCUT2D eigenvalue weighted by atomic mass is 15.2. The number of nitrogens with zero attached hydrogens (tertiary/aromatic N) is 2. The second-order valence-electron chi connectivity index (χ2n) is 4.85. The van der Waals surface area contributed by atoms with Crippen LogP contribution in [0.25, 0.3) is 0 Å². The van der Waals surface area contributed by atoms with E-state index in [-0.39, 0.29) is 6.04 Å². The normalized spacial score (nSPS) is 12.4. The molecule has 0 aliphatic carbocycles. The van der Waals surface area contributed by atoms with Crippen molar-refractivity contribution in [3.8, 4) is 0 Å². The van der Waals surface area contributed by atoms with Crippen molar-refractivity contribution in [2.45, 2.75) is 52.5 Å². The molecule has 0 saturated heterocycles. The van der Waals surface area contributed by atoms with Crippen LogP contribution in [0.3, 0.4) is 0 Å². The summed E-state index contributed by atoms with van der Waals surface area (Å²) in [5, 5.41) is 0. The highest BCUT2D eigenvalue weighted by Crippen LogP contribution is 2.19. The largest absolute Gasteiger partial charge is 0.356 e. The summed E-state index contributed by atoms with van der Waals surface area (Å²) in [5.74, 6) is 1.13. The van der Waals surface area contributed by atoms with Gasteiger partial charge in [-0.15, -0.1) is 0 Å². The molecule has 0 fully saturated rings. The van der Waals surface area contributed by atoms with Crippen molar-refractivity contribution in [2.75, 3.05) is 18.0 Å². The van der Waals surface area contributed by atoms with E-state index >= 15 is 0 Å². The standard InChI is InChI=1S/C15H27N3/c1-4-10-18(11-5-2)15-13(8-7-9-17-15)12-14(16)6-3/h7-9,14H,4-6,10-12,16H2,1-3H3. The van der Waals surface area contributed by atoms with Crippen LogP contribution in [-0.4, -0.2) is 24.1 Å². The Bertz CT molecular complexity index is 332. The van der Waals surface area contributed by atoms with Crippen LogP contribution in [0.1, 0.15) is 45.6 Å². The summed E-state index contributed by atoms with van der Waals surface area (Å²) in [4.78, 5) is 6.96. The third kappa shape index (κ3) is 4.30. The van der Waals surface area contributed by atoms with Crippen molar-refractivity contribution in [2.24, 2.45) is 5.73 Å². The van der Waals surface area contributed by atoms with Crippen molar-refractivity contribution in [1.82, 2.24) is 4.98 Å². The first-order valence-corrected chi connectivity index (χ1v) is 7.17. The van der Waals surface area contributed by atoms with Gasteiger partial charge in [-0.2, -0.15) is 0 Å². The summed E-state index contributed by atoms with van der Waals surface area (Å²) in [5.41, 5.74) is 7.36. The molecule has 0 aromatic carbocycles. The summed E-state index contributed by atoms with van der Waals surface area (Å²) in [7, 11) is 0. The predicted molar refractivity (Wildman–Crippen MR) is 79.0 cm³/mol. The number of rotatable bonds is 8. The van der Waals surface area contributed by atoms with Crippen LogP contribution in [0.5, 0.6) is 0 Å². The monoisotopic (exact) mass is 249 g/mol. The lowest BCUT2D eigenvalue weighted by Crippen LogP contribution is -2.29. The van der Waals surface area contributed by atoms with Crippen LogP contribution in [0.2, 0.25) is 0 Å². The molecule has 1 unspecified atom stereocenters. The van der Waals surface area contributed by atoms with Gasteiger partial charge in [-0.25, -0.2) is 4.98 Å². The second-order valence-corrected chi connectivity index (χ2v) is 4.85. The molecule has 0 spiro atoms. The Kier molecular flexibility index (Phi) is 6.73. The highest BCUT2D eigenvalue weighted by molar-refractivity contribution is 5.47. The Labute approximate surface area is 111 Å². The average Bonchev–Trinajstić information content (AvgIpc) is 2.39. The lowest BCUT2D eigenvalue weighted by atomic mass is 10.0. The number of nitrogens with two attached hydrogens (primary N) is 1. The Morgan fingerprint density at radius 3 is 2.44 bits per heavy atom. The van der Waals surface area contributed by atoms with Crippen molar-refractivity contribution in [3.63, 3.8) is 0 Å². The van der Waals surface area contributed by atoms with Crippen LogP contribution in [0.4, 0.5) is 5.82 Å². The number of anilines is 1. The van der Waals surface area contributed by atoms with Gasteiger partial charge in [0.05, 0.1) is 0 Å². The Morgan fingerprint density at radius 2 is 1.89 bits per heavy atom. The van der Waals surface area contributed by atoms with E-state index in [1.54, 1.807) is 0 Å². The van der Waals surface area contributed by atoms with Crippen molar-refractivity contribution in [3.05, 3.63) is 23.9 Å². The van der Waals surface area contributed by atoms with Gasteiger partial charge in [0.2, 0.25) is 0 Å². The van der Waals surface area contributed by atoms with Gasteiger partial charge in [-0.3, -0.25) is 0 Å². The molecule has 1 aromatic heterocycles. The van der Waals surface area contributed by atoms with Gasteiger partial charge in [0.15, 0.2) is 0 Å². The molecule has 102 valence electrons. The molecule has 0 amide bonds. The van der Waals surface area contributed by atoms with E-state index in [0.29, 0.717) is 0 Å². The van der Waals surface area contributed by atoms with Crippen LogP contribution >= 0.6 is 0 Å². The van der Waals surface area contributed by atoms with Gasteiger partial charge < -0.3 is 10.6 Å². The smallest absolute Gasteiger partial charge is 0.131 e. The summed E-state index contributed by atoms with van der Waals surface area (Å²) in [6.07, 6.45) is 6.11. The zero-order valence-electron chi connectivity index (χ0n) is 12.0. The van der Waals surface area contributed by atoms with E-state index in [1.807, 2.05) is 12.3 Å². The predicted octanol–water partition coefficient (Wildman–Crippen LogP) is 2.99. The molecule has 1 heterocycles. The third-order valence-corrected chi connectivity index (χ3v) is 3.16. The van der Waals surface area contributed by atoms with Gasteiger partial charge >= 0.3 is 0 Å². The fraction of sp³-hybridized carbons (Fsp3) is 0.667. The molecule has 18 heavy (non-hydrogen) atoms.